The number of benzene rings is 2. The van der Waals surface area contributed by atoms with Crippen molar-refractivity contribution in [3.63, 3.8) is 0 Å². The van der Waals surface area contributed by atoms with Gasteiger partial charge in [-0.25, -0.2) is 9.18 Å². The van der Waals surface area contributed by atoms with E-state index in [0.29, 0.717) is 24.3 Å². The number of anilines is 2. The Kier molecular flexibility index (Phi) is 3.89. The lowest BCUT2D eigenvalue weighted by atomic mass is 10.1. The highest BCUT2D eigenvalue weighted by molar-refractivity contribution is 5.95. The number of halogens is 1. The molecule has 2 aromatic carbocycles. The van der Waals surface area contributed by atoms with Crippen LogP contribution >= 0.6 is 0 Å². The molecule has 0 radical (unpaired) electrons. The summed E-state index contributed by atoms with van der Waals surface area (Å²) in [5.74, 6) is -1.31. The van der Waals surface area contributed by atoms with E-state index in [-0.39, 0.29) is 11.4 Å². The minimum absolute atomic E-state index is 0.134. The van der Waals surface area contributed by atoms with Crippen LogP contribution in [0, 0.1) is 5.82 Å². The van der Waals surface area contributed by atoms with E-state index in [4.69, 9.17) is 5.73 Å². The van der Waals surface area contributed by atoms with Crippen LogP contribution in [0.15, 0.2) is 42.6 Å². The highest BCUT2D eigenvalue weighted by atomic mass is 19.1. The molecular weight excluding hydrogens is 297 g/mol. The summed E-state index contributed by atoms with van der Waals surface area (Å²) < 4.78 is 13.4. The Bertz CT molecular complexity index is 873. The molecule has 0 saturated heterocycles. The van der Waals surface area contributed by atoms with Crippen LogP contribution in [0.3, 0.4) is 0 Å². The molecule has 0 saturated carbocycles. The Morgan fingerprint density at radius 3 is 2.87 bits per heavy atom. The first-order chi connectivity index (χ1) is 11.0. The number of carboxylic acids is 1. The predicted octanol–water partition coefficient (Wildman–Crippen LogP) is 3.24. The molecule has 0 atom stereocenters. The van der Waals surface area contributed by atoms with Gasteiger partial charge in [-0.1, -0.05) is 0 Å². The highest BCUT2D eigenvalue weighted by Crippen LogP contribution is 2.21. The van der Waals surface area contributed by atoms with Gasteiger partial charge in [0.1, 0.15) is 5.82 Å². The number of fused-ring (bicyclic) bond motifs is 1. The molecule has 0 fully saturated rings. The van der Waals surface area contributed by atoms with E-state index in [9.17, 15) is 14.3 Å². The molecule has 0 aliphatic carbocycles. The fourth-order valence-corrected chi connectivity index (χ4v) is 2.58. The largest absolute Gasteiger partial charge is 0.478 e. The molecule has 1 aromatic heterocycles. The average Bonchev–Trinajstić information content (AvgIpc) is 2.91. The molecule has 118 valence electrons. The van der Waals surface area contributed by atoms with Crippen molar-refractivity contribution in [2.75, 3.05) is 17.6 Å². The molecule has 5 N–H and O–H groups in total. The molecule has 23 heavy (non-hydrogen) atoms. The van der Waals surface area contributed by atoms with Crippen molar-refractivity contribution in [3.8, 4) is 0 Å². The summed E-state index contributed by atoms with van der Waals surface area (Å²) >= 11 is 0. The van der Waals surface area contributed by atoms with Gasteiger partial charge in [-0.15, -0.1) is 0 Å². The molecule has 0 aliphatic heterocycles. The summed E-state index contributed by atoms with van der Waals surface area (Å²) in [4.78, 5) is 14.3. The molecule has 0 unspecified atom stereocenters. The number of aromatic nitrogens is 1. The van der Waals surface area contributed by atoms with E-state index < -0.39 is 5.97 Å². The maximum Gasteiger partial charge on any atom is 0.337 e. The quantitative estimate of drug-likeness (QED) is 0.544. The van der Waals surface area contributed by atoms with Gasteiger partial charge in [-0.2, -0.15) is 0 Å². The number of carbonyl (C=O) groups is 1. The van der Waals surface area contributed by atoms with E-state index in [1.165, 1.54) is 18.2 Å². The molecule has 0 aliphatic rings. The van der Waals surface area contributed by atoms with Crippen molar-refractivity contribution in [1.29, 1.82) is 0 Å². The number of aromatic amines is 1. The zero-order valence-electron chi connectivity index (χ0n) is 12.3. The summed E-state index contributed by atoms with van der Waals surface area (Å²) in [5, 5.41) is 13.1. The number of H-pyrrole nitrogens is 1. The SMILES string of the molecule is Nc1ccc(NCCc2c[nH]c3ccc(F)cc23)c(C(=O)O)c1. The van der Waals surface area contributed by atoms with Crippen LogP contribution in [0.4, 0.5) is 15.8 Å². The minimum atomic E-state index is -1.03. The number of hydrogen-bond acceptors (Lipinski definition) is 3. The average molecular weight is 313 g/mol. The Hall–Kier alpha value is -3.02. The molecule has 0 spiro atoms. The van der Waals surface area contributed by atoms with Gasteiger partial charge in [0.15, 0.2) is 0 Å². The molecule has 1 heterocycles. The zero-order chi connectivity index (χ0) is 16.4. The van der Waals surface area contributed by atoms with Gasteiger partial charge >= 0.3 is 5.97 Å². The standard InChI is InChI=1S/C17H16FN3O2/c18-11-1-3-15-13(7-11)10(9-21-15)5-6-20-16-4-2-12(19)8-14(16)17(22)23/h1-4,7-9,20-21H,5-6,19H2,(H,22,23). The van der Waals surface area contributed by atoms with Crippen molar-refractivity contribution in [2.45, 2.75) is 6.42 Å². The topological polar surface area (TPSA) is 91.1 Å². The van der Waals surface area contributed by atoms with E-state index in [0.717, 1.165) is 16.5 Å². The van der Waals surface area contributed by atoms with Crippen LogP contribution in [-0.2, 0) is 6.42 Å². The third-order valence-electron chi connectivity index (χ3n) is 3.71. The monoisotopic (exact) mass is 313 g/mol. The predicted molar refractivity (Wildman–Crippen MR) is 88.3 cm³/mol. The summed E-state index contributed by atoms with van der Waals surface area (Å²) in [7, 11) is 0. The van der Waals surface area contributed by atoms with Gasteiger partial charge in [-0.3, -0.25) is 0 Å². The van der Waals surface area contributed by atoms with Crippen LogP contribution in [-0.4, -0.2) is 22.6 Å². The van der Waals surface area contributed by atoms with Crippen LogP contribution < -0.4 is 11.1 Å². The number of hydrogen-bond donors (Lipinski definition) is 4. The van der Waals surface area contributed by atoms with Crippen molar-refractivity contribution in [2.24, 2.45) is 0 Å². The Morgan fingerprint density at radius 2 is 2.09 bits per heavy atom. The number of carboxylic acid groups (broad SMARTS) is 1. The lowest BCUT2D eigenvalue weighted by molar-refractivity contribution is 0.0698. The minimum Gasteiger partial charge on any atom is -0.478 e. The van der Waals surface area contributed by atoms with Gasteiger partial charge in [0, 0.05) is 35.0 Å². The second kappa shape index (κ2) is 6.00. The summed E-state index contributed by atoms with van der Waals surface area (Å²) in [6, 6.07) is 9.32. The second-order valence-electron chi connectivity index (χ2n) is 5.29. The maximum atomic E-state index is 13.4. The van der Waals surface area contributed by atoms with E-state index >= 15 is 0 Å². The summed E-state index contributed by atoms with van der Waals surface area (Å²) in [6.07, 6.45) is 2.47. The Morgan fingerprint density at radius 1 is 1.26 bits per heavy atom. The number of nitrogens with two attached hydrogens (primary N) is 1. The van der Waals surface area contributed by atoms with Gasteiger partial charge in [0.2, 0.25) is 0 Å². The lowest BCUT2D eigenvalue weighted by Gasteiger charge is -2.10. The maximum absolute atomic E-state index is 13.4. The number of rotatable bonds is 5. The smallest absolute Gasteiger partial charge is 0.337 e. The zero-order valence-corrected chi connectivity index (χ0v) is 12.3. The van der Waals surface area contributed by atoms with Crippen molar-refractivity contribution < 1.29 is 14.3 Å². The normalized spacial score (nSPS) is 10.8. The van der Waals surface area contributed by atoms with Crippen molar-refractivity contribution >= 4 is 28.2 Å². The molecule has 0 amide bonds. The van der Waals surface area contributed by atoms with Gasteiger partial charge in [-0.05, 0) is 48.4 Å². The molecule has 5 nitrogen and oxygen atoms in total. The number of nitrogen functional groups attached to an aromatic ring is 1. The van der Waals surface area contributed by atoms with Crippen molar-refractivity contribution in [3.05, 3.63) is 59.5 Å². The molecule has 3 aromatic rings. The third-order valence-corrected chi connectivity index (χ3v) is 3.71. The van der Waals surface area contributed by atoms with E-state index in [1.807, 2.05) is 6.20 Å². The molecule has 6 heteroatoms. The summed E-state index contributed by atoms with van der Waals surface area (Å²) in [6.45, 7) is 0.521. The number of nitrogens with one attached hydrogen (secondary N) is 2. The first-order valence-corrected chi connectivity index (χ1v) is 7.17. The first kappa shape index (κ1) is 14.9. The summed E-state index contributed by atoms with van der Waals surface area (Å²) in [5.41, 5.74) is 8.51. The van der Waals surface area contributed by atoms with Crippen LogP contribution in [0.25, 0.3) is 10.9 Å². The first-order valence-electron chi connectivity index (χ1n) is 7.17. The van der Waals surface area contributed by atoms with Crippen molar-refractivity contribution in [1.82, 2.24) is 4.98 Å². The Labute approximate surface area is 131 Å². The second-order valence-corrected chi connectivity index (χ2v) is 5.29. The molecule has 3 rings (SSSR count). The van der Waals surface area contributed by atoms with E-state index in [2.05, 4.69) is 10.3 Å². The third kappa shape index (κ3) is 3.11. The van der Waals surface area contributed by atoms with Crippen LogP contribution in [0.1, 0.15) is 15.9 Å². The fourth-order valence-electron chi connectivity index (χ4n) is 2.58. The van der Waals surface area contributed by atoms with Crippen LogP contribution in [0.2, 0.25) is 0 Å². The lowest BCUT2D eigenvalue weighted by Crippen LogP contribution is -2.10. The number of aromatic carboxylic acids is 1. The van der Waals surface area contributed by atoms with E-state index in [1.54, 1.807) is 18.2 Å². The van der Waals surface area contributed by atoms with Gasteiger partial charge in [0.25, 0.3) is 0 Å². The highest BCUT2D eigenvalue weighted by Gasteiger charge is 2.10. The fraction of sp³-hybridized carbons (Fsp3) is 0.118. The molecular formula is C17H16FN3O2. The Balaban J connectivity index is 1.74. The molecule has 0 bridgehead atoms. The van der Waals surface area contributed by atoms with Crippen LogP contribution in [0.5, 0.6) is 0 Å². The van der Waals surface area contributed by atoms with Gasteiger partial charge in [0.05, 0.1) is 5.56 Å². The van der Waals surface area contributed by atoms with Gasteiger partial charge < -0.3 is 21.1 Å².